The van der Waals surface area contributed by atoms with Crippen LogP contribution in [0.2, 0.25) is 0 Å². The number of nitrogens with one attached hydrogen (secondary N) is 1. The number of carbonyl (C=O) groups is 1. The van der Waals surface area contributed by atoms with Gasteiger partial charge in [0.15, 0.2) is 0 Å². The first kappa shape index (κ1) is 24.6. The molecule has 9 nitrogen and oxygen atoms in total. The summed E-state index contributed by atoms with van der Waals surface area (Å²) in [6.45, 7) is 9.54. The number of amides is 1. The molecule has 32 heavy (non-hydrogen) atoms. The summed E-state index contributed by atoms with van der Waals surface area (Å²) < 4.78 is 32.8. The van der Waals surface area contributed by atoms with Gasteiger partial charge in [-0.25, -0.2) is 8.42 Å². The van der Waals surface area contributed by atoms with Crippen LogP contribution >= 0.6 is 0 Å². The number of morpholine rings is 1. The van der Waals surface area contributed by atoms with Gasteiger partial charge < -0.3 is 10.1 Å². The lowest BCUT2D eigenvalue weighted by Crippen LogP contribution is -2.51. The smallest absolute Gasteiger partial charge is 0.243 e. The van der Waals surface area contributed by atoms with E-state index < -0.39 is 10.0 Å². The molecule has 2 aliphatic rings. The SMILES string of the molecule is C[C@@H]1CN(CCCNC(=O)CN2CCN(S(=O)(=O)c3ccc(C#N)cc3)CC2)C[C@@H](C)O1. The molecule has 176 valence electrons. The summed E-state index contributed by atoms with van der Waals surface area (Å²) in [5, 5.41) is 11.8. The third kappa shape index (κ3) is 6.73. The van der Waals surface area contributed by atoms with E-state index in [2.05, 4.69) is 24.1 Å². The summed E-state index contributed by atoms with van der Waals surface area (Å²) in [5.41, 5.74) is 0.425. The minimum atomic E-state index is -3.59. The van der Waals surface area contributed by atoms with E-state index >= 15 is 0 Å². The van der Waals surface area contributed by atoms with E-state index in [1.54, 1.807) is 0 Å². The molecule has 2 fully saturated rings. The summed E-state index contributed by atoms with van der Waals surface area (Å²) in [7, 11) is -3.59. The second-order valence-corrected chi connectivity index (χ2v) is 10.5. The number of hydrogen-bond donors (Lipinski definition) is 1. The number of ether oxygens (including phenoxy) is 1. The molecule has 0 aromatic heterocycles. The molecule has 1 N–H and O–H groups in total. The van der Waals surface area contributed by atoms with Gasteiger partial charge in [-0.15, -0.1) is 0 Å². The molecular formula is C22H33N5O4S. The molecule has 3 rings (SSSR count). The van der Waals surface area contributed by atoms with Gasteiger partial charge in [-0.3, -0.25) is 14.6 Å². The molecule has 0 saturated carbocycles. The highest BCUT2D eigenvalue weighted by atomic mass is 32.2. The van der Waals surface area contributed by atoms with Crippen molar-refractivity contribution in [3.63, 3.8) is 0 Å². The lowest BCUT2D eigenvalue weighted by atomic mass is 10.2. The molecule has 0 spiro atoms. The summed E-state index contributed by atoms with van der Waals surface area (Å²) in [6.07, 6.45) is 1.38. The number of benzene rings is 1. The van der Waals surface area contributed by atoms with E-state index in [1.165, 1.54) is 28.6 Å². The standard InChI is InChI=1S/C22H33N5O4S/c1-18-15-26(16-19(2)31-18)9-3-8-24-22(28)17-25-10-12-27(13-11-25)32(29,30)21-6-4-20(14-23)5-7-21/h4-7,18-19H,3,8-13,15-17H2,1-2H3,(H,24,28)/t18-,19-/m1/s1. The Morgan fingerprint density at radius 1 is 1.09 bits per heavy atom. The highest BCUT2D eigenvalue weighted by molar-refractivity contribution is 7.89. The van der Waals surface area contributed by atoms with E-state index in [1.807, 2.05) is 11.0 Å². The Morgan fingerprint density at radius 2 is 1.72 bits per heavy atom. The average Bonchev–Trinajstić information content (AvgIpc) is 2.76. The van der Waals surface area contributed by atoms with Gasteiger partial charge in [0.05, 0.1) is 35.3 Å². The Hall–Kier alpha value is -2.03. The number of sulfonamides is 1. The van der Waals surface area contributed by atoms with Gasteiger partial charge in [-0.1, -0.05) is 0 Å². The Balaban J connectivity index is 1.36. The molecule has 2 aliphatic heterocycles. The molecule has 1 aromatic rings. The van der Waals surface area contributed by atoms with Gasteiger partial charge >= 0.3 is 0 Å². The lowest BCUT2D eigenvalue weighted by Gasteiger charge is -2.35. The second-order valence-electron chi connectivity index (χ2n) is 8.54. The summed E-state index contributed by atoms with van der Waals surface area (Å²) >= 11 is 0. The highest BCUT2D eigenvalue weighted by Crippen LogP contribution is 2.18. The maximum absolute atomic E-state index is 12.8. The van der Waals surface area contributed by atoms with E-state index in [0.29, 0.717) is 38.3 Å². The fourth-order valence-electron chi connectivity index (χ4n) is 4.23. The van der Waals surface area contributed by atoms with Crippen molar-refractivity contribution in [2.45, 2.75) is 37.4 Å². The number of nitrogens with zero attached hydrogens (tertiary/aromatic N) is 4. The summed E-state index contributed by atoms with van der Waals surface area (Å²) in [5.74, 6) is -0.0305. The first-order chi connectivity index (χ1) is 15.3. The molecule has 2 heterocycles. The minimum absolute atomic E-state index is 0.0305. The van der Waals surface area contributed by atoms with E-state index in [4.69, 9.17) is 10.00 Å². The van der Waals surface area contributed by atoms with Crippen LogP contribution in [-0.2, 0) is 19.6 Å². The van der Waals surface area contributed by atoms with Gasteiger partial charge in [-0.05, 0) is 44.5 Å². The zero-order valence-corrected chi connectivity index (χ0v) is 19.7. The van der Waals surface area contributed by atoms with Crippen molar-refractivity contribution in [2.24, 2.45) is 0 Å². The normalized spacial score (nSPS) is 23.5. The Labute approximate surface area is 191 Å². The largest absolute Gasteiger partial charge is 0.373 e. The zero-order chi connectivity index (χ0) is 23.1. The van der Waals surface area contributed by atoms with Crippen LogP contribution in [0.5, 0.6) is 0 Å². The third-order valence-electron chi connectivity index (χ3n) is 5.79. The van der Waals surface area contributed by atoms with E-state index in [0.717, 1.165) is 26.1 Å². The quantitative estimate of drug-likeness (QED) is 0.559. The summed E-state index contributed by atoms with van der Waals surface area (Å²) in [4.78, 5) is 16.8. The maximum atomic E-state index is 12.8. The number of carbonyl (C=O) groups excluding carboxylic acids is 1. The Morgan fingerprint density at radius 3 is 2.31 bits per heavy atom. The van der Waals surface area contributed by atoms with Crippen molar-refractivity contribution in [3.05, 3.63) is 29.8 Å². The van der Waals surface area contributed by atoms with Crippen LogP contribution in [0.15, 0.2) is 29.2 Å². The van der Waals surface area contributed by atoms with Gasteiger partial charge in [0.25, 0.3) is 0 Å². The van der Waals surface area contributed by atoms with Crippen molar-refractivity contribution < 1.29 is 17.9 Å². The van der Waals surface area contributed by atoms with Crippen LogP contribution in [0.25, 0.3) is 0 Å². The maximum Gasteiger partial charge on any atom is 0.243 e. The minimum Gasteiger partial charge on any atom is -0.373 e. The number of hydrogen-bond acceptors (Lipinski definition) is 7. The predicted molar refractivity (Wildman–Crippen MR) is 120 cm³/mol. The van der Waals surface area contributed by atoms with Crippen molar-refractivity contribution in [1.29, 1.82) is 5.26 Å². The average molecular weight is 464 g/mol. The van der Waals surface area contributed by atoms with Gasteiger partial charge in [0.2, 0.25) is 15.9 Å². The van der Waals surface area contributed by atoms with Crippen LogP contribution in [-0.4, -0.2) is 99.5 Å². The van der Waals surface area contributed by atoms with E-state index in [-0.39, 0.29) is 29.6 Å². The molecule has 0 radical (unpaired) electrons. The molecule has 0 bridgehead atoms. The number of rotatable bonds is 8. The monoisotopic (exact) mass is 463 g/mol. The number of nitriles is 1. The third-order valence-corrected chi connectivity index (χ3v) is 7.70. The molecule has 2 atom stereocenters. The zero-order valence-electron chi connectivity index (χ0n) is 18.9. The first-order valence-electron chi connectivity index (χ1n) is 11.1. The topological polar surface area (TPSA) is 106 Å². The molecule has 0 unspecified atom stereocenters. The highest BCUT2D eigenvalue weighted by Gasteiger charge is 2.29. The Bertz CT molecular complexity index is 897. The van der Waals surface area contributed by atoms with Crippen LogP contribution in [0.4, 0.5) is 0 Å². The van der Waals surface area contributed by atoms with Crippen molar-refractivity contribution in [2.75, 3.05) is 58.9 Å². The lowest BCUT2D eigenvalue weighted by molar-refractivity contribution is -0.122. The van der Waals surface area contributed by atoms with Crippen molar-refractivity contribution in [3.8, 4) is 6.07 Å². The molecule has 1 amide bonds. The van der Waals surface area contributed by atoms with Crippen molar-refractivity contribution in [1.82, 2.24) is 19.4 Å². The Kier molecular flexibility index (Phi) is 8.62. The molecule has 10 heteroatoms. The van der Waals surface area contributed by atoms with E-state index in [9.17, 15) is 13.2 Å². The molecule has 1 aromatic carbocycles. The van der Waals surface area contributed by atoms with Gasteiger partial charge in [-0.2, -0.15) is 9.57 Å². The molecule has 0 aliphatic carbocycles. The molecule has 2 saturated heterocycles. The molecular weight excluding hydrogens is 430 g/mol. The van der Waals surface area contributed by atoms with Crippen LogP contribution < -0.4 is 5.32 Å². The van der Waals surface area contributed by atoms with Gasteiger partial charge in [0, 0.05) is 52.4 Å². The van der Waals surface area contributed by atoms with Crippen molar-refractivity contribution >= 4 is 15.9 Å². The van der Waals surface area contributed by atoms with Crippen LogP contribution in [0, 0.1) is 11.3 Å². The van der Waals surface area contributed by atoms with Crippen LogP contribution in [0.1, 0.15) is 25.8 Å². The first-order valence-corrected chi connectivity index (χ1v) is 12.6. The van der Waals surface area contributed by atoms with Crippen LogP contribution in [0.3, 0.4) is 0 Å². The fourth-order valence-corrected chi connectivity index (χ4v) is 5.66. The van der Waals surface area contributed by atoms with Gasteiger partial charge in [0.1, 0.15) is 0 Å². The number of piperazine rings is 1. The fraction of sp³-hybridized carbons (Fsp3) is 0.636. The second kappa shape index (κ2) is 11.2. The summed E-state index contributed by atoms with van der Waals surface area (Å²) in [6, 6.07) is 7.93. The predicted octanol–water partition coefficient (Wildman–Crippen LogP) is 0.480.